The molecule has 9 nitrogen and oxygen atoms in total. The predicted molar refractivity (Wildman–Crippen MR) is 107 cm³/mol. The van der Waals surface area contributed by atoms with E-state index in [1.807, 2.05) is 6.07 Å². The fraction of sp³-hybridized carbons (Fsp3) is 0.158. The molecule has 0 aliphatic carbocycles. The van der Waals surface area contributed by atoms with Crippen LogP contribution in [0.1, 0.15) is 41.6 Å². The monoisotopic (exact) mass is 441 g/mol. The Kier molecular flexibility index (Phi) is 6.25. The molecule has 0 N–H and O–H groups in total. The van der Waals surface area contributed by atoms with Crippen molar-refractivity contribution < 1.29 is 18.3 Å². The van der Waals surface area contributed by atoms with Crippen molar-refractivity contribution in [2.75, 3.05) is 0 Å². The number of amides is 1. The molecule has 0 spiro atoms. The van der Waals surface area contributed by atoms with Crippen LogP contribution < -0.4 is 4.74 Å². The van der Waals surface area contributed by atoms with Gasteiger partial charge in [-0.1, -0.05) is 15.5 Å². The Hall–Kier alpha value is -3.55. The maximum atomic E-state index is 12.9. The van der Waals surface area contributed by atoms with E-state index in [0.717, 1.165) is 3.95 Å². The van der Waals surface area contributed by atoms with Crippen molar-refractivity contribution in [1.29, 1.82) is 5.26 Å². The van der Waals surface area contributed by atoms with Crippen LogP contribution in [0.5, 0.6) is 5.75 Å². The lowest BCUT2D eigenvalue weighted by atomic mass is 10.2. The van der Waals surface area contributed by atoms with Crippen LogP contribution in [0, 0.1) is 11.3 Å². The van der Waals surface area contributed by atoms with Gasteiger partial charge in [0.05, 0.1) is 11.1 Å². The summed E-state index contributed by atoms with van der Waals surface area (Å²) in [5.41, 5.74) is 0.557. The van der Waals surface area contributed by atoms with Crippen LogP contribution in [-0.2, 0) is 17.2 Å². The molecule has 2 heterocycles. The molecule has 0 saturated carbocycles. The summed E-state index contributed by atoms with van der Waals surface area (Å²) in [6.07, 6.45) is 2.72. The van der Waals surface area contributed by atoms with Crippen LogP contribution in [0.2, 0.25) is 5.02 Å². The average molecular weight is 442 g/mol. The zero-order valence-electron chi connectivity index (χ0n) is 15.8. The Morgan fingerprint density at radius 1 is 1.30 bits per heavy atom. The summed E-state index contributed by atoms with van der Waals surface area (Å²) in [5, 5.41) is 13.3. The first-order valence-electron chi connectivity index (χ1n) is 8.56. The first kappa shape index (κ1) is 21.2. The molecule has 1 aromatic carbocycles. The van der Waals surface area contributed by atoms with Crippen LogP contribution >= 0.6 is 11.6 Å². The van der Waals surface area contributed by atoms with E-state index in [4.69, 9.17) is 34.0 Å². The quantitative estimate of drug-likeness (QED) is 0.337. The van der Waals surface area contributed by atoms with Crippen molar-refractivity contribution in [2.45, 2.75) is 19.9 Å². The first-order chi connectivity index (χ1) is 14.3. The standard InChI is InChI=1S/C19H14ClN6O3S/c1-11(18-23-10-24-25(18)17-4-3-13(8-21)9-22-17)26(30)19(28)14-5-15(20)7-16(6-14)29-12(2)27/h3-7,9-11H,1-2H3/q+1/t11-/m0/s1. The molecule has 30 heavy (non-hydrogen) atoms. The number of carbonyl (C=O) groups excluding carboxylic acids is 2. The van der Waals surface area contributed by atoms with E-state index in [-0.39, 0.29) is 16.3 Å². The van der Waals surface area contributed by atoms with Gasteiger partial charge in [0.2, 0.25) is 11.9 Å². The summed E-state index contributed by atoms with van der Waals surface area (Å²) in [7, 11) is 0. The summed E-state index contributed by atoms with van der Waals surface area (Å²) in [4.78, 5) is 32.5. The first-order valence-corrected chi connectivity index (χ1v) is 9.30. The van der Waals surface area contributed by atoms with Gasteiger partial charge in [0, 0.05) is 25.1 Å². The molecule has 1 atom stereocenters. The van der Waals surface area contributed by atoms with Gasteiger partial charge in [-0.3, -0.25) is 4.79 Å². The van der Waals surface area contributed by atoms with E-state index >= 15 is 0 Å². The molecule has 0 radical (unpaired) electrons. The molecule has 3 rings (SSSR count). The van der Waals surface area contributed by atoms with Gasteiger partial charge in [-0.05, 0) is 30.3 Å². The minimum Gasteiger partial charge on any atom is -0.427 e. The van der Waals surface area contributed by atoms with E-state index in [9.17, 15) is 9.59 Å². The lowest BCUT2D eigenvalue weighted by molar-refractivity contribution is -0.446. The van der Waals surface area contributed by atoms with Crippen LogP contribution in [0.15, 0.2) is 42.9 Å². The Bertz CT molecular complexity index is 1190. The number of ether oxygens (including phenoxy) is 1. The largest absolute Gasteiger partial charge is 0.434 e. The van der Waals surface area contributed by atoms with Crippen molar-refractivity contribution in [2.24, 2.45) is 0 Å². The number of carbonyl (C=O) groups is 2. The van der Waals surface area contributed by atoms with E-state index in [2.05, 4.69) is 15.1 Å². The van der Waals surface area contributed by atoms with Gasteiger partial charge in [0.1, 0.15) is 18.1 Å². The normalized spacial score (nSPS) is 11.4. The number of halogens is 1. The van der Waals surface area contributed by atoms with Gasteiger partial charge in [0.15, 0.2) is 5.82 Å². The molecule has 0 bridgehead atoms. The Balaban J connectivity index is 1.89. The molecule has 150 valence electrons. The number of hydrogen-bond donors (Lipinski definition) is 0. The van der Waals surface area contributed by atoms with Gasteiger partial charge in [0.25, 0.3) is 12.4 Å². The van der Waals surface area contributed by atoms with Crippen molar-refractivity contribution >= 4 is 35.9 Å². The highest BCUT2D eigenvalue weighted by Gasteiger charge is 2.32. The van der Waals surface area contributed by atoms with Gasteiger partial charge >= 0.3 is 11.9 Å². The second-order valence-electron chi connectivity index (χ2n) is 6.12. The maximum Gasteiger partial charge on any atom is 0.434 e. The summed E-state index contributed by atoms with van der Waals surface area (Å²) in [6.45, 7) is 2.93. The smallest absolute Gasteiger partial charge is 0.427 e. The minimum atomic E-state index is -0.663. The van der Waals surface area contributed by atoms with Crippen molar-refractivity contribution in [3.05, 3.63) is 64.8 Å². The average Bonchev–Trinajstić information content (AvgIpc) is 3.21. The summed E-state index contributed by atoms with van der Waals surface area (Å²) >= 11 is 11.4. The molecular formula is C19H14ClN6O3S+. The second-order valence-corrected chi connectivity index (χ2v) is 6.95. The minimum absolute atomic E-state index is 0.138. The lowest BCUT2D eigenvalue weighted by Gasteiger charge is -2.09. The fourth-order valence-electron chi connectivity index (χ4n) is 2.61. The van der Waals surface area contributed by atoms with Crippen LogP contribution in [0.25, 0.3) is 5.82 Å². The highest BCUT2D eigenvalue weighted by atomic mass is 35.5. The Morgan fingerprint density at radius 3 is 2.70 bits per heavy atom. The van der Waals surface area contributed by atoms with Gasteiger partial charge in [-0.15, -0.1) is 0 Å². The lowest BCUT2D eigenvalue weighted by Crippen LogP contribution is -2.24. The summed E-state index contributed by atoms with van der Waals surface area (Å²) in [6, 6.07) is 8.76. The highest BCUT2D eigenvalue weighted by molar-refractivity contribution is 7.44. The van der Waals surface area contributed by atoms with Crippen LogP contribution in [0.4, 0.5) is 0 Å². The molecule has 0 saturated heterocycles. The van der Waals surface area contributed by atoms with E-state index < -0.39 is 17.9 Å². The third-order valence-corrected chi connectivity index (χ3v) is 4.67. The number of esters is 1. The van der Waals surface area contributed by atoms with Crippen molar-refractivity contribution in [3.63, 3.8) is 0 Å². The number of aromatic nitrogens is 4. The summed E-state index contributed by atoms with van der Waals surface area (Å²) in [5.74, 6) is -0.140. The Labute approximate surface area is 181 Å². The molecular weight excluding hydrogens is 428 g/mol. The zero-order chi connectivity index (χ0) is 21.8. The third kappa shape index (κ3) is 4.53. The molecule has 2 aromatic heterocycles. The third-order valence-electron chi connectivity index (χ3n) is 3.97. The molecule has 0 fully saturated rings. The van der Waals surface area contributed by atoms with Gasteiger partial charge < -0.3 is 4.74 Å². The van der Waals surface area contributed by atoms with Crippen LogP contribution in [-0.4, -0.2) is 35.6 Å². The number of nitriles is 1. The van der Waals surface area contributed by atoms with E-state index in [1.54, 1.807) is 19.1 Å². The molecule has 0 aliphatic rings. The number of nitrogens with zero attached hydrogens (tertiary/aromatic N) is 6. The zero-order valence-corrected chi connectivity index (χ0v) is 17.4. The Morgan fingerprint density at radius 2 is 2.07 bits per heavy atom. The molecule has 3 aromatic rings. The maximum absolute atomic E-state index is 12.9. The molecule has 11 heteroatoms. The fourth-order valence-corrected chi connectivity index (χ4v) is 3.03. The number of benzene rings is 1. The summed E-state index contributed by atoms with van der Waals surface area (Å²) < 4.78 is 7.49. The van der Waals surface area contributed by atoms with E-state index in [0.29, 0.717) is 17.2 Å². The van der Waals surface area contributed by atoms with E-state index in [1.165, 1.54) is 42.3 Å². The van der Waals surface area contributed by atoms with Crippen LogP contribution in [0.3, 0.4) is 0 Å². The number of hydrogen-bond acceptors (Lipinski definition) is 8. The highest BCUT2D eigenvalue weighted by Crippen LogP contribution is 2.24. The number of pyridine rings is 1. The topological polar surface area (TPSA) is 114 Å². The van der Waals surface area contributed by atoms with Crippen molar-refractivity contribution in [1.82, 2.24) is 19.7 Å². The molecule has 0 unspecified atom stereocenters. The van der Waals surface area contributed by atoms with Crippen molar-refractivity contribution in [3.8, 4) is 17.6 Å². The second kappa shape index (κ2) is 8.86. The van der Waals surface area contributed by atoms with Gasteiger partial charge in [-0.25, -0.2) is 14.8 Å². The van der Waals surface area contributed by atoms with Gasteiger partial charge in [-0.2, -0.15) is 15.0 Å². The molecule has 1 amide bonds. The number of rotatable bonds is 5. The predicted octanol–water partition coefficient (Wildman–Crippen LogP) is 2.76. The SMILES string of the molecule is CC(=O)Oc1cc(Cl)cc(C(=O)[N+](=S)[C@@H](C)c2ncnn2-c2ccc(C#N)cn2)c1. The molecule has 0 aliphatic heterocycles.